The van der Waals surface area contributed by atoms with Gasteiger partial charge in [-0.25, -0.2) is 10.8 Å². The van der Waals surface area contributed by atoms with Gasteiger partial charge in [-0.3, -0.25) is 0 Å². The Morgan fingerprint density at radius 2 is 1.84 bits per heavy atom. The molecule has 2 aromatic rings. The monoisotopic (exact) mass is 317 g/mol. The van der Waals surface area contributed by atoms with Crippen LogP contribution < -0.4 is 16.0 Å². The van der Waals surface area contributed by atoms with Crippen molar-refractivity contribution in [3.8, 4) is 5.75 Å². The van der Waals surface area contributed by atoms with E-state index in [-0.39, 0.29) is 0 Å². The second kappa shape index (κ2) is 6.30. The molecule has 0 saturated heterocycles. The largest absolute Gasteiger partial charge is 0.486 e. The number of nitrogens with zero attached hydrogens (tertiary/aromatic N) is 1. The summed E-state index contributed by atoms with van der Waals surface area (Å²) in [5, 5.41) is 1.19. The van der Waals surface area contributed by atoms with Gasteiger partial charge in [-0.2, -0.15) is 0 Å². The highest BCUT2D eigenvalue weighted by atomic mass is 35.5. The van der Waals surface area contributed by atoms with Crippen LogP contribution in [0, 0.1) is 0 Å². The Morgan fingerprint density at radius 3 is 2.37 bits per heavy atom. The van der Waals surface area contributed by atoms with Crippen molar-refractivity contribution in [2.75, 3.05) is 5.43 Å². The number of halogens is 3. The lowest BCUT2D eigenvalue weighted by Gasteiger charge is -2.10. The van der Waals surface area contributed by atoms with E-state index in [9.17, 15) is 0 Å². The fourth-order valence-electron chi connectivity index (χ4n) is 1.42. The maximum Gasteiger partial charge on any atom is 0.157 e. The third-order valence-electron chi connectivity index (χ3n) is 2.32. The summed E-state index contributed by atoms with van der Waals surface area (Å²) in [7, 11) is 0. The van der Waals surface area contributed by atoms with Crippen molar-refractivity contribution in [3.63, 3.8) is 0 Å². The zero-order valence-corrected chi connectivity index (χ0v) is 11.9. The quantitative estimate of drug-likeness (QED) is 0.663. The first-order valence-corrected chi connectivity index (χ1v) is 6.42. The van der Waals surface area contributed by atoms with E-state index >= 15 is 0 Å². The van der Waals surface area contributed by atoms with Gasteiger partial charge in [0, 0.05) is 16.8 Å². The van der Waals surface area contributed by atoms with Gasteiger partial charge in [0.2, 0.25) is 0 Å². The van der Waals surface area contributed by atoms with Crippen LogP contribution in [0.25, 0.3) is 0 Å². The molecule has 0 bridgehead atoms. The van der Waals surface area contributed by atoms with Gasteiger partial charge < -0.3 is 10.2 Å². The molecule has 100 valence electrons. The van der Waals surface area contributed by atoms with Crippen LogP contribution in [0.15, 0.2) is 30.5 Å². The van der Waals surface area contributed by atoms with Crippen molar-refractivity contribution in [1.29, 1.82) is 0 Å². The molecule has 0 fully saturated rings. The standard InChI is InChI=1S/C12H10Cl3N3O/c13-8-3-9(14)12(10(15)4-8)19-6-7-1-2-11(18-16)17-5-7/h1-5H,6,16H2,(H,17,18). The molecule has 0 radical (unpaired) electrons. The van der Waals surface area contributed by atoms with Gasteiger partial charge >= 0.3 is 0 Å². The number of ether oxygens (including phenoxy) is 1. The van der Waals surface area contributed by atoms with Gasteiger partial charge in [0.1, 0.15) is 12.4 Å². The van der Waals surface area contributed by atoms with Gasteiger partial charge in [-0.1, -0.05) is 40.9 Å². The third-order valence-corrected chi connectivity index (χ3v) is 3.10. The Labute approximate surface area is 125 Å². The number of rotatable bonds is 4. The molecule has 0 aliphatic carbocycles. The Kier molecular flexibility index (Phi) is 4.71. The van der Waals surface area contributed by atoms with E-state index in [0.717, 1.165) is 5.56 Å². The number of pyridine rings is 1. The van der Waals surface area contributed by atoms with E-state index in [4.69, 9.17) is 45.4 Å². The molecule has 0 atom stereocenters. The summed E-state index contributed by atoms with van der Waals surface area (Å²) in [4.78, 5) is 4.07. The van der Waals surface area contributed by atoms with Crippen molar-refractivity contribution in [3.05, 3.63) is 51.1 Å². The van der Waals surface area contributed by atoms with Crippen LogP contribution in [-0.2, 0) is 6.61 Å². The molecule has 1 aromatic carbocycles. The molecule has 3 N–H and O–H groups in total. The molecule has 2 rings (SSSR count). The molecule has 0 aliphatic heterocycles. The van der Waals surface area contributed by atoms with Crippen molar-refractivity contribution < 1.29 is 4.74 Å². The highest BCUT2D eigenvalue weighted by Gasteiger charge is 2.09. The van der Waals surface area contributed by atoms with Gasteiger partial charge in [-0.05, 0) is 18.2 Å². The average Bonchev–Trinajstić information content (AvgIpc) is 2.38. The van der Waals surface area contributed by atoms with Crippen LogP contribution in [0.4, 0.5) is 5.82 Å². The fourth-order valence-corrected chi connectivity index (χ4v) is 2.34. The number of nitrogens with one attached hydrogen (secondary N) is 1. The average molecular weight is 319 g/mol. The highest BCUT2D eigenvalue weighted by Crippen LogP contribution is 2.36. The topological polar surface area (TPSA) is 60.2 Å². The first kappa shape index (κ1) is 14.2. The zero-order valence-electron chi connectivity index (χ0n) is 9.66. The SMILES string of the molecule is NNc1ccc(COc2c(Cl)cc(Cl)cc2Cl)cn1. The van der Waals surface area contributed by atoms with E-state index in [1.165, 1.54) is 0 Å². The number of hydrogen-bond donors (Lipinski definition) is 2. The van der Waals surface area contributed by atoms with Gasteiger partial charge in [-0.15, -0.1) is 0 Å². The Morgan fingerprint density at radius 1 is 1.16 bits per heavy atom. The summed E-state index contributed by atoms with van der Waals surface area (Å²) in [5.74, 6) is 6.20. The second-order valence-electron chi connectivity index (χ2n) is 3.68. The second-order valence-corrected chi connectivity index (χ2v) is 4.93. The lowest BCUT2D eigenvalue weighted by molar-refractivity contribution is 0.306. The van der Waals surface area contributed by atoms with Crippen molar-refractivity contribution in [1.82, 2.24) is 4.98 Å². The number of hydrogen-bond acceptors (Lipinski definition) is 4. The predicted octanol–water partition coefficient (Wildman–Crippen LogP) is 3.91. The smallest absolute Gasteiger partial charge is 0.157 e. The maximum absolute atomic E-state index is 6.01. The number of nitrogen functional groups attached to an aromatic ring is 1. The molecular weight excluding hydrogens is 309 g/mol. The van der Waals surface area contributed by atoms with Crippen molar-refractivity contribution in [2.24, 2.45) is 5.84 Å². The minimum Gasteiger partial charge on any atom is -0.486 e. The van der Waals surface area contributed by atoms with Gasteiger partial charge in [0.15, 0.2) is 5.75 Å². The first-order chi connectivity index (χ1) is 9.10. The summed E-state index contributed by atoms with van der Waals surface area (Å²) < 4.78 is 5.57. The lowest BCUT2D eigenvalue weighted by atomic mass is 10.3. The number of benzene rings is 1. The molecule has 7 heteroatoms. The van der Waals surface area contributed by atoms with Crippen LogP contribution in [0.3, 0.4) is 0 Å². The lowest BCUT2D eigenvalue weighted by Crippen LogP contribution is -2.08. The molecule has 0 spiro atoms. The minimum absolute atomic E-state index is 0.291. The first-order valence-electron chi connectivity index (χ1n) is 5.29. The van der Waals surface area contributed by atoms with E-state index in [1.54, 1.807) is 24.4 Å². The molecule has 0 aliphatic rings. The summed E-state index contributed by atoms with van der Waals surface area (Å²) in [6.07, 6.45) is 1.65. The molecule has 4 nitrogen and oxygen atoms in total. The summed E-state index contributed by atoms with van der Waals surface area (Å²) in [6.45, 7) is 0.291. The van der Waals surface area contributed by atoms with Gasteiger partial charge in [0.25, 0.3) is 0 Å². The van der Waals surface area contributed by atoms with Crippen molar-refractivity contribution in [2.45, 2.75) is 6.61 Å². The summed E-state index contributed by atoms with van der Waals surface area (Å²) in [5.41, 5.74) is 3.31. The van der Waals surface area contributed by atoms with E-state index in [0.29, 0.717) is 33.2 Å². The molecule has 1 aromatic heterocycles. The Hall–Kier alpha value is -1.20. The number of aromatic nitrogens is 1. The molecule has 19 heavy (non-hydrogen) atoms. The normalized spacial score (nSPS) is 10.3. The Balaban J connectivity index is 2.10. The molecule has 0 unspecified atom stereocenters. The van der Waals surface area contributed by atoms with E-state index in [2.05, 4.69) is 10.4 Å². The maximum atomic E-state index is 6.01. The third kappa shape index (κ3) is 3.64. The summed E-state index contributed by atoms with van der Waals surface area (Å²) in [6, 6.07) is 6.72. The number of hydrazine groups is 1. The molecular formula is C12H10Cl3N3O. The predicted molar refractivity (Wildman–Crippen MR) is 77.9 cm³/mol. The van der Waals surface area contributed by atoms with Crippen LogP contribution >= 0.6 is 34.8 Å². The summed E-state index contributed by atoms with van der Waals surface area (Å²) >= 11 is 17.8. The molecule has 1 heterocycles. The minimum atomic E-state index is 0.291. The molecule has 0 saturated carbocycles. The van der Waals surface area contributed by atoms with Crippen LogP contribution in [-0.4, -0.2) is 4.98 Å². The number of nitrogens with two attached hydrogens (primary N) is 1. The van der Waals surface area contributed by atoms with Crippen LogP contribution in [0.2, 0.25) is 15.1 Å². The van der Waals surface area contributed by atoms with Crippen molar-refractivity contribution >= 4 is 40.6 Å². The van der Waals surface area contributed by atoms with Crippen LogP contribution in [0.1, 0.15) is 5.56 Å². The fraction of sp³-hybridized carbons (Fsp3) is 0.0833. The molecule has 0 amide bonds. The van der Waals surface area contributed by atoms with Crippen LogP contribution in [0.5, 0.6) is 5.75 Å². The van der Waals surface area contributed by atoms with E-state index < -0.39 is 0 Å². The van der Waals surface area contributed by atoms with E-state index in [1.807, 2.05) is 6.07 Å². The number of anilines is 1. The van der Waals surface area contributed by atoms with Gasteiger partial charge in [0.05, 0.1) is 10.0 Å². The Bertz CT molecular complexity index is 552. The highest BCUT2D eigenvalue weighted by molar-refractivity contribution is 6.40. The zero-order chi connectivity index (χ0) is 13.8.